The van der Waals surface area contributed by atoms with Crippen molar-refractivity contribution in [3.8, 4) is 5.75 Å². The first-order valence-electron chi connectivity index (χ1n) is 29.7. The number of fused-ring (bicyclic) bond motifs is 1. The zero-order valence-electron chi connectivity index (χ0n) is 52.5. The lowest BCUT2D eigenvalue weighted by Crippen LogP contribution is -2.62. The Morgan fingerprint density at radius 1 is 0.684 bits per heavy atom. The highest BCUT2D eigenvalue weighted by Crippen LogP contribution is 2.23. The first-order valence-corrected chi connectivity index (χ1v) is 29.7. The number of halogens is 3. The van der Waals surface area contributed by atoms with Crippen LogP contribution in [0.1, 0.15) is 76.5 Å². The van der Waals surface area contributed by atoms with Gasteiger partial charge >= 0.3 is 18.2 Å². The van der Waals surface area contributed by atoms with Gasteiger partial charge in [-0.25, -0.2) is 15.0 Å². The fourth-order valence-electron chi connectivity index (χ4n) is 9.74. The van der Waals surface area contributed by atoms with Gasteiger partial charge in [0.15, 0.2) is 5.96 Å². The number of carbonyl (C=O) groups excluding carboxylic acids is 11. The number of amides is 12. The maximum Gasteiger partial charge on any atom is 0.490 e. The largest absolute Gasteiger partial charge is 0.508 e. The number of aromatic hydroxyl groups is 1. The van der Waals surface area contributed by atoms with E-state index in [0.717, 1.165) is 22.7 Å². The Kier molecular flexibility index (Phi) is 29.6. The van der Waals surface area contributed by atoms with Crippen molar-refractivity contribution < 1.29 is 91.1 Å². The second kappa shape index (κ2) is 36.6. The number of hydrazine groups is 1. The van der Waals surface area contributed by atoms with Gasteiger partial charge in [-0.3, -0.25) is 58.4 Å². The summed E-state index contributed by atoms with van der Waals surface area (Å²) >= 11 is 0. The molecule has 10 atom stereocenters. The molecule has 0 unspecified atom stereocenters. The number of aromatic amines is 1. The molecule has 1 aliphatic rings. The molecule has 12 amide bonds. The number of aliphatic hydroxyl groups is 2. The van der Waals surface area contributed by atoms with E-state index in [9.17, 15) is 81.2 Å². The van der Waals surface area contributed by atoms with Crippen molar-refractivity contribution in [2.75, 3.05) is 20.1 Å². The number of para-hydroxylation sites is 1. The number of urea groups is 1. The average Bonchev–Trinajstić information content (AvgIpc) is 1.19. The summed E-state index contributed by atoms with van der Waals surface area (Å²) in [6.45, 7) is 5.70. The number of guanidine groups is 1. The van der Waals surface area contributed by atoms with Crippen LogP contribution in [0.3, 0.4) is 0 Å². The minimum Gasteiger partial charge on any atom is -0.508 e. The van der Waals surface area contributed by atoms with Crippen molar-refractivity contribution in [3.63, 3.8) is 0 Å². The number of aliphatic hydroxyl groups excluding tert-OH is 2. The zero-order valence-corrected chi connectivity index (χ0v) is 52.5. The van der Waals surface area contributed by atoms with Crippen LogP contribution >= 0.6 is 0 Å². The fourth-order valence-corrected chi connectivity index (χ4v) is 9.74. The first kappa shape index (κ1) is 76.9. The number of nitrogens with one attached hydrogen (secondary N) is 11. The van der Waals surface area contributed by atoms with Gasteiger partial charge in [0.2, 0.25) is 53.2 Å². The molecule has 21 N–H and O–H groups in total. The first-order chi connectivity index (χ1) is 44.7. The van der Waals surface area contributed by atoms with Gasteiger partial charge in [0, 0.05) is 69.8 Å². The van der Waals surface area contributed by atoms with Crippen molar-refractivity contribution in [1.82, 2.24) is 63.3 Å². The van der Waals surface area contributed by atoms with Gasteiger partial charge in [0.25, 0.3) is 5.91 Å². The smallest absolute Gasteiger partial charge is 0.490 e. The SMILES string of the molecule is CN=C(N)NCCC[C@H](NC(=O)[C@H](CC(C)C)NC(=O)NNC(=O)[C@H](Cc1ccccc1)NC(=O)[C@@H](NC(=O)[C@H](CC(N)=O)NC(=O)[C@@H]1C[C@@H](O)CN1C(=O)[C@@H](Cc1ccc(O)cc1)NC(C)=O)[C@@H](C)O)C(=O)N[C@@H](Cc1c[nH]c2ccccc12)C(N)=O.O=C(O)C(F)(F)F. The van der Waals surface area contributed by atoms with Crippen LogP contribution < -0.4 is 70.6 Å². The van der Waals surface area contributed by atoms with E-state index >= 15 is 0 Å². The van der Waals surface area contributed by atoms with Crippen LogP contribution in [0.4, 0.5) is 18.0 Å². The molecule has 1 aliphatic heterocycles. The number of hydrogen-bond acceptors (Lipinski definition) is 16. The Hall–Kier alpha value is -10.6. The van der Waals surface area contributed by atoms with Crippen LogP contribution in [0.5, 0.6) is 5.75 Å². The summed E-state index contributed by atoms with van der Waals surface area (Å²) in [7, 11) is 1.48. The van der Waals surface area contributed by atoms with Crippen LogP contribution in [0, 0.1) is 5.92 Å². The molecule has 0 bridgehead atoms. The molecule has 2 heterocycles. The van der Waals surface area contributed by atoms with Gasteiger partial charge < -0.3 is 90.0 Å². The molecule has 32 nitrogen and oxygen atoms in total. The number of hydrogen-bond donors (Lipinski definition) is 18. The molecule has 0 aliphatic carbocycles. The summed E-state index contributed by atoms with van der Waals surface area (Å²) in [4.78, 5) is 166. The quantitative estimate of drug-likeness (QED) is 0.0109. The number of alkyl halides is 3. The van der Waals surface area contributed by atoms with Gasteiger partial charge in [0.05, 0.1) is 18.6 Å². The van der Waals surface area contributed by atoms with Crippen LogP contribution in [0.15, 0.2) is 90.1 Å². The lowest BCUT2D eigenvalue weighted by Gasteiger charge is -2.30. The number of phenolic OH excluding ortho intramolecular Hbond substituents is 1. The number of rotatable bonds is 30. The number of benzene rings is 3. The highest BCUT2D eigenvalue weighted by Gasteiger charge is 2.43. The van der Waals surface area contributed by atoms with Crippen LogP contribution in [0.2, 0.25) is 0 Å². The third-order valence-corrected chi connectivity index (χ3v) is 14.4. The number of nitrogens with two attached hydrogens (primary N) is 3. The van der Waals surface area contributed by atoms with Crippen LogP contribution in [-0.2, 0) is 72.0 Å². The topological polar surface area (TPSA) is 516 Å². The van der Waals surface area contributed by atoms with E-state index in [4.69, 9.17) is 27.1 Å². The number of likely N-dealkylation sites (tertiary alicyclic amines) is 1. The van der Waals surface area contributed by atoms with Crippen molar-refractivity contribution >= 4 is 87.9 Å². The van der Waals surface area contributed by atoms with Gasteiger partial charge in [-0.05, 0) is 67.0 Å². The maximum absolute atomic E-state index is 14.1. The molecule has 0 spiro atoms. The Bertz CT molecular complexity index is 3370. The Morgan fingerprint density at radius 3 is 1.85 bits per heavy atom. The predicted octanol–water partition coefficient (Wildman–Crippen LogP) is -2.77. The van der Waals surface area contributed by atoms with Crippen molar-refractivity contribution in [1.29, 1.82) is 0 Å². The number of carbonyl (C=O) groups is 12. The molecule has 3 aromatic carbocycles. The third kappa shape index (κ3) is 25.4. The summed E-state index contributed by atoms with van der Waals surface area (Å²) < 4.78 is 31.7. The number of aliphatic carboxylic acids is 1. The molecule has 0 radical (unpaired) electrons. The second-order valence-electron chi connectivity index (χ2n) is 22.6. The summed E-state index contributed by atoms with van der Waals surface area (Å²) in [5.74, 6) is -12.2. The van der Waals surface area contributed by atoms with Gasteiger partial charge in [-0.2, -0.15) is 13.2 Å². The number of phenols is 1. The molecule has 4 aromatic rings. The van der Waals surface area contributed by atoms with Gasteiger partial charge in [-0.1, -0.05) is 74.5 Å². The Balaban J connectivity index is 0.00000259. The molecule has 1 aromatic heterocycles. The molecular weight excluding hydrogens is 1260 g/mol. The number of nitrogens with zero attached hydrogens (tertiary/aromatic N) is 2. The predicted molar refractivity (Wildman–Crippen MR) is 334 cm³/mol. The Morgan fingerprint density at radius 2 is 1.26 bits per heavy atom. The van der Waals surface area contributed by atoms with E-state index in [-0.39, 0.29) is 75.7 Å². The van der Waals surface area contributed by atoms with E-state index in [0.29, 0.717) is 16.7 Å². The zero-order chi connectivity index (χ0) is 70.9. The second-order valence-corrected chi connectivity index (χ2v) is 22.6. The van der Waals surface area contributed by atoms with Gasteiger partial charge in [0.1, 0.15) is 54.1 Å². The minimum atomic E-state index is -5.08. The molecule has 1 saturated heterocycles. The number of carboxylic acids is 1. The number of β-amino-alcohol motifs (C(OH)–C–C–N with tert-alkyl or cyclic N) is 1. The van der Waals surface area contributed by atoms with Crippen LogP contribution in [-0.4, -0.2) is 194 Å². The number of aliphatic imine (C=N–C) groups is 1. The summed E-state index contributed by atoms with van der Waals surface area (Å²) in [6, 6.07) is 8.44. The number of carboxylic acid groups (broad SMARTS) is 1. The molecule has 518 valence electrons. The molecule has 0 saturated carbocycles. The lowest BCUT2D eigenvalue weighted by atomic mass is 10.0. The minimum absolute atomic E-state index is 0.0122. The molecule has 5 rings (SSSR count). The summed E-state index contributed by atoms with van der Waals surface area (Å²) in [5, 5.41) is 59.6. The van der Waals surface area contributed by atoms with Crippen molar-refractivity contribution in [2.24, 2.45) is 28.1 Å². The lowest BCUT2D eigenvalue weighted by molar-refractivity contribution is -0.192. The van der Waals surface area contributed by atoms with Crippen LogP contribution in [0.25, 0.3) is 10.9 Å². The number of aromatic nitrogens is 1. The van der Waals surface area contributed by atoms with Gasteiger partial charge in [-0.15, -0.1) is 0 Å². The summed E-state index contributed by atoms with van der Waals surface area (Å²) in [6.07, 6.45) is -7.54. The van der Waals surface area contributed by atoms with Crippen molar-refractivity contribution in [2.45, 2.75) is 146 Å². The number of primary amides is 2. The normalized spacial score (nSPS) is 16.2. The summed E-state index contributed by atoms with van der Waals surface area (Å²) in [5.41, 5.74) is 23.9. The highest BCUT2D eigenvalue weighted by molar-refractivity contribution is 5.99. The monoisotopic (exact) mass is 1340 g/mol. The standard InChI is InChI=1S/C58H80N16O14.C2HF3O2/c1-30(2)22-42(51(82)66-40(16-11-21-63-57(61)62-5)50(81)67-41(49(60)80)25-35-28-64-39-15-10-9-14-38(35)39)70-58(88)73-72-53(84)43(23-33-12-7-6-8-13-33)69-55(86)48(31(3)75)71-52(83)44(27-47(59)79)68-54(85)46-26-37(78)29-74(46)56(87)45(65-32(4)76)24-34-17-19-36(77)20-18-34;3-2(4,5)1(6)7/h6-10,12-15,17-20,28,30-31,37,40-46,48,64,75,77-78H,11,16,21-27,29H2,1-5H3,(H2,59,79)(H2,60,80)(H,65,76)(H,66,82)(H,67,81)(H,68,85)(H,69,86)(H,71,83)(H,72,84)(H3,61,62,63)(H2,70,73,88);(H,6,7)/t31-,37-,40+,41+,42+,43+,44+,45-,46+,48+;/m1./s1. The van der Waals surface area contributed by atoms with E-state index in [1.165, 1.54) is 38.2 Å². The Labute approximate surface area is 542 Å². The average molecular weight is 1340 g/mol. The van der Waals surface area contributed by atoms with Crippen molar-refractivity contribution in [3.05, 3.63) is 102 Å². The fraction of sp³-hybridized carbons (Fsp3) is 0.450. The van der Waals surface area contributed by atoms with E-state index in [1.807, 2.05) is 24.3 Å². The molecule has 1 fully saturated rings. The third-order valence-electron chi connectivity index (χ3n) is 14.4. The maximum atomic E-state index is 14.1. The molecule has 35 heteroatoms. The van der Waals surface area contributed by atoms with E-state index in [2.05, 4.69) is 63.4 Å². The van der Waals surface area contributed by atoms with E-state index < -0.39 is 144 Å². The molecule has 95 heavy (non-hydrogen) atoms. The number of H-pyrrole nitrogens is 1. The highest BCUT2D eigenvalue weighted by atomic mass is 19.4. The molecular formula is C60H81F3N16O16. The van der Waals surface area contributed by atoms with E-state index in [1.54, 1.807) is 50.4 Å².